The van der Waals surface area contributed by atoms with Crippen LogP contribution in [0.1, 0.15) is 23.0 Å². The van der Waals surface area contributed by atoms with Crippen molar-refractivity contribution in [1.29, 1.82) is 0 Å². The van der Waals surface area contributed by atoms with Crippen LogP contribution in [0.4, 0.5) is 4.39 Å². The lowest BCUT2D eigenvalue weighted by Gasteiger charge is -1.99. The number of hydrogen-bond donors (Lipinski definition) is 0. The summed E-state index contributed by atoms with van der Waals surface area (Å²) in [5, 5.41) is 2.37. The molecule has 1 aromatic heterocycles. The molecule has 0 atom stereocenters. The fourth-order valence-corrected chi connectivity index (χ4v) is 2.27. The average Bonchev–Trinajstić information content (AvgIpc) is 2.64. The molecule has 0 aliphatic rings. The van der Waals surface area contributed by atoms with Crippen LogP contribution in [0.2, 0.25) is 0 Å². The van der Waals surface area contributed by atoms with Crippen LogP contribution in [0.15, 0.2) is 23.6 Å². The summed E-state index contributed by atoms with van der Waals surface area (Å²) in [5.74, 6) is -0.356. The highest BCUT2D eigenvalue weighted by atomic mass is 32.1. The Morgan fingerprint density at radius 3 is 2.69 bits per heavy atom. The van der Waals surface area contributed by atoms with Crippen LogP contribution in [0.5, 0.6) is 0 Å². The number of hydrogen-bond acceptors (Lipinski definition) is 3. The summed E-state index contributed by atoms with van der Waals surface area (Å²) in [6.45, 7) is 3.29. The fraction of sp³-hybridized carbons (Fsp3) is 0.167. The molecule has 4 heteroatoms. The molecule has 0 radical (unpaired) electrons. The average molecular weight is 235 g/mol. The third-order valence-electron chi connectivity index (χ3n) is 2.15. The number of nitrogens with zero attached hydrogens (tertiary/aromatic N) is 1. The van der Waals surface area contributed by atoms with E-state index in [-0.39, 0.29) is 11.6 Å². The molecule has 0 fully saturated rings. The van der Waals surface area contributed by atoms with E-state index in [1.807, 2.05) is 13.0 Å². The van der Waals surface area contributed by atoms with Gasteiger partial charge in [0, 0.05) is 17.9 Å². The van der Waals surface area contributed by atoms with Gasteiger partial charge in [-0.2, -0.15) is 0 Å². The zero-order chi connectivity index (χ0) is 11.7. The number of aryl methyl sites for hydroxylation is 1. The summed E-state index contributed by atoms with van der Waals surface area (Å²) < 4.78 is 13.2. The molecule has 0 spiro atoms. The van der Waals surface area contributed by atoms with Gasteiger partial charge < -0.3 is 0 Å². The van der Waals surface area contributed by atoms with Gasteiger partial charge in [0.1, 0.15) is 16.5 Å². The summed E-state index contributed by atoms with van der Waals surface area (Å²) in [4.78, 5) is 15.3. The molecule has 0 saturated heterocycles. The molecular formula is C12H10FNOS. The van der Waals surface area contributed by atoms with Gasteiger partial charge in [-0.3, -0.25) is 4.79 Å². The Bertz CT molecular complexity index is 527. The molecule has 2 nitrogen and oxygen atoms in total. The Morgan fingerprint density at radius 1 is 1.38 bits per heavy atom. The molecule has 0 unspecified atom stereocenters. The summed E-state index contributed by atoms with van der Waals surface area (Å²) in [6, 6.07) is 4.74. The van der Waals surface area contributed by atoms with E-state index in [1.165, 1.54) is 30.4 Å². The van der Waals surface area contributed by atoms with Crippen LogP contribution < -0.4 is 0 Å². The van der Waals surface area contributed by atoms with Crippen LogP contribution in [0.25, 0.3) is 10.6 Å². The quantitative estimate of drug-likeness (QED) is 0.746. The van der Waals surface area contributed by atoms with Gasteiger partial charge in [-0.05, 0) is 30.7 Å². The first-order valence-corrected chi connectivity index (χ1v) is 5.68. The third kappa shape index (κ3) is 2.17. The number of rotatable bonds is 2. The Balaban J connectivity index is 2.46. The lowest BCUT2D eigenvalue weighted by molar-refractivity contribution is 0.101. The summed E-state index contributed by atoms with van der Waals surface area (Å²) in [6.07, 6.45) is 0. The minimum Gasteiger partial charge on any atom is -0.293 e. The summed E-state index contributed by atoms with van der Waals surface area (Å²) in [7, 11) is 0. The van der Waals surface area contributed by atoms with Crippen molar-refractivity contribution < 1.29 is 9.18 Å². The predicted molar refractivity (Wildman–Crippen MR) is 62.2 cm³/mol. The van der Waals surface area contributed by atoms with Crippen LogP contribution in [-0.4, -0.2) is 10.8 Å². The highest BCUT2D eigenvalue weighted by molar-refractivity contribution is 7.13. The molecule has 1 aromatic carbocycles. The highest BCUT2D eigenvalue weighted by Crippen LogP contribution is 2.25. The van der Waals surface area contributed by atoms with E-state index in [0.717, 1.165) is 11.1 Å². The first kappa shape index (κ1) is 11.0. The number of thiazole rings is 1. The fourth-order valence-electron chi connectivity index (χ4n) is 1.43. The number of Topliss-reactive ketones (excluding diaryl/α,β-unsaturated/α-hetero) is 1. The Kier molecular flexibility index (Phi) is 2.83. The number of carbonyl (C=O) groups is 1. The monoisotopic (exact) mass is 235 g/mol. The lowest BCUT2D eigenvalue weighted by atomic mass is 10.1. The van der Waals surface area contributed by atoms with Crippen molar-refractivity contribution in [1.82, 2.24) is 4.98 Å². The van der Waals surface area contributed by atoms with E-state index in [9.17, 15) is 9.18 Å². The summed E-state index contributed by atoms with van der Waals surface area (Å²) >= 11 is 1.35. The second-order valence-corrected chi connectivity index (χ2v) is 4.47. The van der Waals surface area contributed by atoms with Gasteiger partial charge in [0.2, 0.25) is 0 Å². The minimum atomic E-state index is -0.283. The number of halogens is 1. The second kappa shape index (κ2) is 4.14. The van der Waals surface area contributed by atoms with E-state index < -0.39 is 0 Å². The predicted octanol–water partition coefficient (Wildman–Crippen LogP) is 3.46. The van der Waals surface area contributed by atoms with Crippen molar-refractivity contribution in [2.24, 2.45) is 0 Å². The molecule has 0 aliphatic carbocycles. The molecule has 82 valence electrons. The molecule has 0 aliphatic heterocycles. The van der Waals surface area contributed by atoms with Gasteiger partial charge in [0.15, 0.2) is 5.78 Å². The van der Waals surface area contributed by atoms with E-state index in [4.69, 9.17) is 0 Å². The summed E-state index contributed by atoms with van der Waals surface area (Å²) in [5.41, 5.74) is 1.99. The van der Waals surface area contributed by atoms with Gasteiger partial charge in [-0.25, -0.2) is 9.37 Å². The van der Waals surface area contributed by atoms with Gasteiger partial charge in [-0.1, -0.05) is 0 Å². The van der Waals surface area contributed by atoms with Crippen molar-refractivity contribution in [3.63, 3.8) is 0 Å². The molecule has 0 amide bonds. The standard InChI is InChI=1S/C12H10FNOS/c1-7-3-9(5-10(13)4-7)12-14-11(6-16-12)8(2)15/h3-6H,1-2H3. The van der Waals surface area contributed by atoms with Crippen LogP contribution in [0, 0.1) is 12.7 Å². The Hall–Kier alpha value is -1.55. The highest BCUT2D eigenvalue weighted by Gasteiger charge is 2.09. The maximum absolute atomic E-state index is 13.2. The molecule has 2 aromatic rings. The number of aromatic nitrogens is 1. The smallest absolute Gasteiger partial charge is 0.178 e. The van der Waals surface area contributed by atoms with Gasteiger partial charge in [0.05, 0.1) is 0 Å². The minimum absolute atomic E-state index is 0.0735. The maximum Gasteiger partial charge on any atom is 0.178 e. The first-order valence-electron chi connectivity index (χ1n) is 4.80. The lowest BCUT2D eigenvalue weighted by Crippen LogP contribution is -1.91. The molecule has 2 rings (SSSR count). The Labute approximate surface area is 96.8 Å². The van der Waals surface area contributed by atoms with E-state index >= 15 is 0 Å². The zero-order valence-corrected chi connectivity index (χ0v) is 9.77. The SMILES string of the molecule is CC(=O)c1csc(-c2cc(C)cc(F)c2)n1. The molecule has 0 saturated carbocycles. The van der Waals surface area contributed by atoms with Gasteiger partial charge in [0.25, 0.3) is 0 Å². The van der Waals surface area contributed by atoms with Crippen molar-refractivity contribution in [3.8, 4) is 10.6 Å². The maximum atomic E-state index is 13.2. The molecule has 0 bridgehead atoms. The number of carbonyl (C=O) groups excluding carboxylic acids is 1. The van der Waals surface area contributed by atoms with Crippen LogP contribution in [-0.2, 0) is 0 Å². The van der Waals surface area contributed by atoms with Crippen LogP contribution in [0.3, 0.4) is 0 Å². The van der Waals surface area contributed by atoms with Crippen molar-refractivity contribution in [2.75, 3.05) is 0 Å². The van der Waals surface area contributed by atoms with Gasteiger partial charge in [-0.15, -0.1) is 11.3 Å². The van der Waals surface area contributed by atoms with Crippen molar-refractivity contribution >= 4 is 17.1 Å². The van der Waals surface area contributed by atoms with Gasteiger partial charge >= 0.3 is 0 Å². The molecule has 0 N–H and O–H groups in total. The molecule has 16 heavy (non-hydrogen) atoms. The van der Waals surface area contributed by atoms with E-state index in [1.54, 1.807) is 5.38 Å². The van der Waals surface area contributed by atoms with Crippen molar-refractivity contribution in [3.05, 3.63) is 40.7 Å². The largest absolute Gasteiger partial charge is 0.293 e. The molecular weight excluding hydrogens is 225 g/mol. The zero-order valence-electron chi connectivity index (χ0n) is 8.95. The van der Waals surface area contributed by atoms with E-state index in [0.29, 0.717) is 10.7 Å². The van der Waals surface area contributed by atoms with E-state index in [2.05, 4.69) is 4.98 Å². The Morgan fingerprint density at radius 2 is 2.12 bits per heavy atom. The normalized spacial score (nSPS) is 10.4. The first-order chi connectivity index (χ1) is 7.56. The number of ketones is 1. The third-order valence-corrected chi connectivity index (χ3v) is 3.05. The molecule has 1 heterocycles. The number of benzene rings is 1. The van der Waals surface area contributed by atoms with Crippen LogP contribution >= 0.6 is 11.3 Å². The second-order valence-electron chi connectivity index (χ2n) is 3.61. The van der Waals surface area contributed by atoms with Crippen molar-refractivity contribution in [2.45, 2.75) is 13.8 Å². The topological polar surface area (TPSA) is 30.0 Å².